The van der Waals surface area contributed by atoms with Crippen LogP contribution in [-0.4, -0.2) is 31.1 Å². The molecule has 2 heterocycles. The maximum Gasteiger partial charge on any atom is 0.321 e. The summed E-state index contributed by atoms with van der Waals surface area (Å²) >= 11 is 0. The monoisotopic (exact) mass is 248 g/mol. The van der Waals surface area contributed by atoms with Crippen molar-refractivity contribution in [3.05, 3.63) is 12.4 Å². The highest BCUT2D eigenvalue weighted by atomic mass is 16.5. The molecule has 7 heteroatoms. The van der Waals surface area contributed by atoms with Gasteiger partial charge in [0.2, 0.25) is 11.8 Å². The number of aryl methyl sites for hydroxylation is 1. The van der Waals surface area contributed by atoms with Crippen LogP contribution in [0.3, 0.4) is 0 Å². The van der Waals surface area contributed by atoms with E-state index in [2.05, 4.69) is 19.9 Å². The molecule has 2 aromatic heterocycles. The molecule has 0 fully saturated rings. The zero-order chi connectivity index (χ0) is 13.0. The normalized spacial score (nSPS) is 10.6. The SMILES string of the molecule is CCCOc1nc(N)nc(-c2nccn2CC)n1. The van der Waals surface area contributed by atoms with Crippen LogP contribution >= 0.6 is 0 Å². The third kappa shape index (κ3) is 2.55. The Hall–Kier alpha value is -2.18. The van der Waals surface area contributed by atoms with Crippen LogP contribution in [0.5, 0.6) is 6.01 Å². The van der Waals surface area contributed by atoms with Crippen molar-refractivity contribution in [2.45, 2.75) is 26.8 Å². The van der Waals surface area contributed by atoms with E-state index < -0.39 is 0 Å². The van der Waals surface area contributed by atoms with Crippen LogP contribution in [0.4, 0.5) is 5.95 Å². The van der Waals surface area contributed by atoms with Crippen LogP contribution in [-0.2, 0) is 6.54 Å². The number of nitrogens with two attached hydrogens (primary N) is 1. The van der Waals surface area contributed by atoms with Gasteiger partial charge in [0, 0.05) is 18.9 Å². The zero-order valence-electron chi connectivity index (χ0n) is 10.5. The lowest BCUT2D eigenvalue weighted by atomic mass is 10.5. The molecular weight excluding hydrogens is 232 g/mol. The second kappa shape index (κ2) is 5.44. The number of anilines is 1. The van der Waals surface area contributed by atoms with E-state index in [1.165, 1.54) is 0 Å². The van der Waals surface area contributed by atoms with E-state index in [-0.39, 0.29) is 12.0 Å². The first-order chi connectivity index (χ1) is 8.74. The summed E-state index contributed by atoms with van der Waals surface area (Å²) in [5, 5.41) is 0. The van der Waals surface area contributed by atoms with Crippen molar-refractivity contribution in [1.29, 1.82) is 0 Å². The number of nitrogens with zero attached hydrogens (tertiary/aromatic N) is 5. The highest BCUT2D eigenvalue weighted by molar-refractivity contribution is 5.46. The summed E-state index contributed by atoms with van der Waals surface area (Å²) in [5.41, 5.74) is 5.65. The average Bonchev–Trinajstić information content (AvgIpc) is 2.84. The molecular formula is C11H16N6O. The topological polar surface area (TPSA) is 91.7 Å². The first-order valence-electron chi connectivity index (χ1n) is 5.90. The van der Waals surface area contributed by atoms with Crippen LogP contribution in [0.25, 0.3) is 11.6 Å². The fourth-order valence-electron chi connectivity index (χ4n) is 1.50. The van der Waals surface area contributed by atoms with E-state index >= 15 is 0 Å². The number of hydrogen-bond acceptors (Lipinski definition) is 6. The van der Waals surface area contributed by atoms with Crippen molar-refractivity contribution in [2.75, 3.05) is 12.3 Å². The molecule has 7 nitrogen and oxygen atoms in total. The van der Waals surface area contributed by atoms with E-state index in [1.54, 1.807) is 6.20 Å². The number of ether oxygens (including phenoxy) is 1. The molecule has 2 rings (SSSR count). The van der Waals surface area contributed by atoms with Crippen LogP contribution in [0, 0.1) is 0 Å². The van der Waals surface area contributed by atoms with Gasteiger partial charge in [-0.3, -0.25) is 0 Å². The zero-order valence-corrected chi connectivity index (χ0v) is 10.5. The fraction of sp³-hybridized carbons (Fsp3) is 0.455. The Labute approximate surface area is 105 Å². The minimum atomic E-state index is 0.136. The summed E-state index contributed by atoms with van der Waals surface area (Å²) in [7, 11) is 0. The number of aromatic nitrogens is 5. The van der Waals surface area contributed by atoms with Crippen LogP contribution in [0.1, 0.15) is 20.3 Å². The number of imidazole rings is 1. The third-order valence-corrected chi connectivity index (χ3v) is 2.32. The predicted molar refractivity (Wildman–Crippen MR) is 66.9 cm³/mol. The Balaban J connectivity index is 2.35. The second-order valence-corrected chi connectivity index (χ2v) is 3.69. The van der Waals surface area contributed by atoms with E-state index in [4.69, 9.17) is 10.5 Å². The molecule has 0 saturated carbocycles. The molecule has 2 aromatic rings. The molecule has 0 atom stereocenters. The van der Waals surface area contributed by atoms with Gasteiger partial charge < -0.3 is 15.0 Å². The minimum Gasteiger partial charge on any atom is -0.463 e. The Morgan fingerprint density at radius 1 is 1.28 bits per heavy atom. The van der Waals surface area contributed by atoms with Gasteiger partial charge in [0.1, 0.15) is 0 Å². The first-order valence-corrected chi connectivity index (χ1v) is 5.90. The Kier molecular flexibility index (Phi) is 3.71. The van der Waals surface area contributed by atoms with Gasteiger partial charge >= 0.3 is 6.01 Å². The molecule has 96 valence electrons. The van der Waals surface area contributed by atoms with Crippen molar-refractivity contribution in [2.24, 2.45) is 0 Å². The van der Waals surface area contributed by atoms with Gasteiger partial charge in [0.25, 0.3) is 0 Å². The molecule has 0 aromatic carbocycles. The van der Waals surface area contributed by atoms with Crippen LogP contribution < -0.4 is 10.5 Å². The molecule has 0 amide bonds. The summed E-state index contributed by atoms with van der Waals surface area (Å²) < 4.78 is 7.30. The lowest BCUT2D eigenvalue weighted by Gasteiger charge is -2.06. The van der Waals surface area contributed by atoms with Gasteiger partial charge in [-0.15, -0.1) is 0 Å². The quantitative estimate of drug-likeness (QED) is 0.852. The number of rotatable bonds is 5. The Morgan fingerprint density at radius 2 is 2.11 bits per heavy atom. The minimum absolute atomic E-state index is 0.136. The van der Waals surface area contributed by atoms with Crippen molar-refractivity contribution >= 4 is 5.95 Å². The molecule has 18 heavy (non-hydrogen) atoms. The van der Waals surface area contributed by atoms with Crippen molar-refractivity contribution in [3.63, 3.8) is 0 Å². The highest BCUT2D eigenvalue weighted by Gasteiger charge is 2.12. The summed E-state index contributed by atoms with van der Waals surface area (Å²) in [6, 6.07) is 0.241. The van der Waals surface area contributed by atoms with Gasteiger partial charge in [-0.2, -0.15) is 15.0 Å². The third-order valence-electron chi connectivity index (χ3n) is 2.32. The van der Waals surface area contributed by atoms with E-state index in [1.807, 2.05) is 24.6 Å². The lowest BCUT2D eigenvalue weighted by Crippen LogP contribution is -2.08. The maximum absolute atomic E-state index is 5.65. The van der Waals surface area contributed by atoms with E-state index in [0.29, 0.717) is 18.3 Å². The smallest absolute Gasteiger partial charge is 0.321 e. The lowest BCUT2D eigenvalue weighted by molar-refractivity contribution is 0.292. The first kappa shape index (κ1) is 12.3. The molecule has 0 radical (unpaired) electrons. The Bertz CT molecular complexity index is 524. The fourth-order valence-corrected chi connectivity index (χ4v) is 1.50. The summed E-state index contributed by atoms with van der Waals surface area (Å²) in [5.74, 6) is 1.23. The van der Waals surface area contributed by atoms with Crippen LogP contribution in [0.15, 0.2) is 12.4 Å². The maximum atomic E-state index is 5.65. The molecule has 0 saturated heterocycles. The van der Waals surface area contributed by atoms with Gasteiger partial charge in [-0.25, -0.2) is 4.98 Å². The molecule has 0 unspecified atom stereocenters. The standard InChI is InChI=1S/C11H16N6O/c1-3-7-18-11-15-8(14-10(12)16-11)9-13-5-6-17(9)4-2/h5-6H,3-4,7H2,1-2H3,(H2,12,14,15,16). The molecule has 0 aliphatic heterocycles. The Morgan fingerprint density at radius 3 is 2.83 bits per heavy atom. The van der Waals surface area contributed by atoms with Crippen molar-refractivity contribution in [3.8, 4) is 17.7 Å². The van der Waals surface area contributed by atoms with Gasteiger partial charge in [-0.05, 0) is 13.3 Å². The van der Waals surface area contributed by atoms with E-state index in [9.17, 15) is 0 Å². The largest absolute Gasteiger partial charge is 0.463 e. The number of hydrogen-bond donors (Lipinski definition) is 1. The predicted octanol–water partition coefficient (Wildman–Crippen LogP) is 1.13. The molecule has 0 aliphatic carbocycles. The van der Waals surface area contributed by atoms with Crippen molar-refractivity contribution in [1.82, 2.24) is 24.5 Å². The summed E-state index contributed by atoms with van der Waals surface area (Å²) in [6.45, 7) is 5.36. The molecule has 0 spiro atoms. The summed E-state index contributed by atoms with van der Waals surface area (Å²) in [4.78, 5) is 16.5. The molecule has 2 N–H and O–H groups in total. The second-order valence-electron chi connectivity index (χ2n) is 3.69. The molecule has 0 bridgehead atoms. The average molecular weight is 248 g/mol. The highest BCUT2D eigenvalue weighted by Crippen LogP contribution is 2.16. The van der Waals surface area contributed by atoms with Gasteiger partial charge in [0.15, 0.2) is 5.82 Å². The number of nitrogen functional groups attached to an aromatic ring is 1. The van der Waals surface area contributed by atoms with Crippen molar-refractivity contribution < 1.29 is 4.74 Å². The van der Waals surface area contributed by atoms with Crippen LogP contribution in [0.2, 0.25) is 0 Å². The molecule has 0 aliphatic rings. The van der Waals surface area contributed by atoms with E-state index in [0.717, 1.165) is 13.0 Å². The van der Waals surface area contributed by atoms with Gasteiger partial charge in [0.05, 0.1) is 6.61 Å². The summed E-state index contributed by atoms with van der Waals surface area (Å²) in [6.07, 6.45) is 4.44. The van der Waals surface area contributed by atoms with Gasteiger partial charge in [-0.1, -0.05) is 6.92 Å².